The minimum Gasteiger partial charge on any atom is -0.494 e. The number of hydrogen-bond donors (Lipinski definition) is 1. The van der Waals surface area contributed by atoms with Gasteiger partial charge >= 0.3 is 0 Å². The number of pyridine rings is 2. The lowest BCUT2D eigenvalue weighted by Gasteiger charge is -2.08. The van der Waals surface area contributed by atoms with Crippen molar-refractivity contribution in [2.24, 2.45) is 0 Å². The first-order valence-electron chi connectivity index (χ1n) is 7.20. The summed E-state index contributed by atoms with van der Waals surface area (Å²) < 4.78 is 6.17. The molecule has 0 saturated heterocycles. The fourth-order valence-electron chi connectivity index (χ4n) is 2.19. The third-order valence-electron chi connectivity index (χ3n) is 3.38. The lowest BCUT2D eigenvalue weighted by Crippen LogP contribution is -2.12. The third kappa shape index (κ3) is 3.60. The summed E-state index contributed by atoms with van der Waals surface area (Å²) in [4.78, 5) is 20.7. The Bertz CT molecular complexity index is 849. The molecule has 5 nitrogen and oxygen atoms in total. The molecular weight excluding hydrogens is 370 g/mol. The number of nitrogens with one attached hydrogen (secondary N) is 1. The largest absolute Gasteiger partial charge is 0.494 e. The molecule has 0 spiro atoms. The third-order valence-corrected chi connectivity index (χ3v) is 3.85. The van der Waals surface area contributed by atoms with Crippen molar-refractivity contribution >= 4 is 27.7 Å². The molecule has 0 aliphatic rings. The summed E-state index contributed by atoms with van der Waals surface area (Å²) >= 11 is 3.31. The maximum absolute atomic E-state index is 12.3. The normalized spacial score (nSPS) is 10.2. The van der Waals surface area contributed by atoms with Crippen LogP contribution in [0.25, 0.3) is 11.3 Å². The standard InChI is InChI=1S/C18H14BrN3O2/c1-24-15-3-2-10-20-17(15)12-4-6-13(7-5-12)18(23)22-16-9-8-14(19)11-21-16/h2-11H,1H3,(H,21,22,23). The van der Waals surface area contributed by atoms with Crippen LogP contribution < -0.4 is 10.1 Å². The number of ether oxygens (including phenoxy) is 1. The van der Waals surface area contributed by atoms with E-state index in [1.807, 2.05) is 30.3 Å². The number of hydrogen-bond acceptors (Lipinski definition) is 4. The van der Waals surface area contributed by atoms with Crippen LogP contribution in [0.5, 0.6) is 5.75 Å². The Hall–Kier alpha value is -2.73. The number of halogens is 1. The highest BCUT2D eigenvalue weighted by Crippen LogP contribution is 2.27. The minimum absolute atomic E-state index is 0.218. The lowest BCUT2D eigenvalue weighted by molar-refractivity contribution is 0.102. The molecule has 6 heteroatoms. The maximum atomic E-state index is 12.3. The van der Waals surface area contributed by atoms with Crippen LogP contribution >= 0.6 is 15.9 Å². The second kappa shape index (κ2) is 7.23. The van der Waals surface area contributed by atoms with E-state index in [0.717, 1.165) is 15.7 Å². The van der Waals surface area contributed by atoms with Gasteiger partial charge in [-0.25, -0.2) is 4.98 Å². The molecule has 1 amide bonds. The quantitative estimate of drug-likeness (QED) is 0.734. The summed E-state index contributed by atoms with van der Waals surface area (Å²) in [5, 5.41) is 2.76. The SMILES string of the molecule is COc1cccnc1-c1ccc(C(=O)Nc2ccc(Br)cn2)cc1. The summed E-state index contributed by atoms with van der Waals surface area (Å²) in [5.74, 6) is 0.969. The number of anilines is 1. The number of carbonyl (C=O) groups is 1. The molecule has 0 atom stereocenters. The van der Waals surface area contributed by atoms with Gasteiger partial charge < -0.3 is 10.1 Å². The highest BCUT2D eigenvalue weighted by Gasteiger charge is 2.10. The van der Waals surface area contributed by atoms with E-state index < -0.39 is 0 Å². The Morgan fingerprint density at radius 2 is 1.88 bits per heavy atom. The van der Waals surface area contributed by atoms with Gasteiger partial charge in [0.2, 0.25) is 0 Å². The molecule has 1 aromatic carbocycles. The van der Waals surface area contributed by atoms with Crippen molar-refractivity contribution in [3.8, 4) is 17.0 Å². The average molecular weight is 384 g/mol. The van der Waals surface area contributed by atoms with Gasteiger partial charge in [-0.3, -0.25) is 9.78 Å². The summed E-state index contributed by atoms with van der Waals surface area (Å²) in [6.07, 6.45) is 3.34. The van der Waals surface area contributed by atoms with Crippen LogP contribution in [-0.4, -0.2) is 23.0 Å². The van der Waals surface area contributed by atoms with Gasteiger partial charge in [0.15, 0.2) is 0 Å². The molecular formula is C18H14BrN3O2. The summed E-state index contributed by atoms with van der Waals surface area (Å²) in [6.45, 7) is 0. The first kappa shape index (κ1) is 16.1. The van der Waals surface area contributed by atoms with Crippen LogP contribution in [0.4, 0.5) is 5.82 Å². The zero-order valence-corrected chi connectivity index (χ0v) is 14.4. The summed E-state index contributed by atoms with van der Waals surface area (Å²) in [6, 6.07) is 14.4. The van der Waals surface area contributed by atoms with Gasteiger partial charge in [-0.15, -0.1) is 0 Å². The van der Waals surface area contributed by atoms with E-state index in [0.29, 0.717) is 17.1 Å². The van der Waals surface area contributed by atoms with E-state index in [1.165, 1.54) is 0 Å². The zero-order chi connectivity index (χ0) is 16.9. The molecule has 24 heavy (non-hydrogen) atoms. The lowest BCUT2D eigenvalue weighted by atomic mass is 10.1. The molecule has 2 aromatic heterocycles. The van der Waals surface area contributed by atoms with Crippen molar-refractivity contribution in [1.82, 2.24) is 9.97 Å². The number of nitrogens with zero attached hydrogens (tertiary/aromatic N) is 2. The highest BCUT2D eigenvalue weighted by molar-refractivity contribution is 9.10. The molecule has 0 aliphatic heterocycles. The molecule has 0 aliphatic carbocycles. The van der Waals surface area contributed by atoms with Crippen LogP contribution in [-0.2, 0) is 0 Å². The van der Waals surface area contributed by atoms with Crippen molar-refractivity contribution in [3.05, 3.63) is 71.0 Å². The Balaban J connectivity index is 1.79. The first-order chi connectivity index (χ1) is 11.7. The highest BCUT2D eigenvalue weighted by atomic mass is 79.9. The van der Waals surface area contributed by atoms with Gasteiger partial charge in [0.05, 0.1) is 7.11 Å². The molecule has 120 valence electrons. The van der Waals surface area contributed by atoms with Crippen molar-refractivity contribution < 1.29 is 9.53 Å². The van der Waals surface area contributed by atoms with Crippen molar-refractivity contribution in [2.75, 3.05) is 12.4 Å². The van der Waals surface area contributed by atoms with Crippen molar-refractivity contribution in [3.63, 3.8) is 0 Å². The number of carbonyl (C=O) groups excluding carboxylic acids is 1. The monoisotopic (exact) mass is 383 g/mol. The van der Waals surface area contributed by atoms with E-state index in [4.69, 9.17) is 4.74 Å². The molecule has 0 bridgehead atoms. The van der Waals surface area contributed by atoms with Crippen molar-refractivity contribution in [2.45, 2.75) is 0 Å². The molecule has 0 unspecified atom stereocenters. The molecule has 0 fully saturated rings. The molecule has 1 N–H and O–H groups in total. The van der Waals surface area contributed by atoms with Gasteiger partial charge in [0, 0.05) is 28.0 Å². The first-order valence-corrected chi connectivity index (χ1v) is 7.99. The van der Waals surface area contributed by atoms with Gasteiger partial charge in [-0.2, -0.15) is 0 Å². The second-order valence-corrected chi connectivity index (χ2v) is 5.86. The smallest absolute Gasteiger partial charge is 0.256 e. The summed E-state index contributed by atoms with van der Waals surface area (Å²) in [5.41, 5.74) is 2.16. The van der Waals surface area contributed by atoms with E-state index in [1.54, 1.807) is 37.7 Å². The van der Waals surface area contributed by atoms with E-state index >= 15 is 0 Å². The number of aromatic nitrogens is 2. The van der Waals surface area contributed by atoms with Gasteiger partial charge in [0.25, 0.3) is 5.91 Å². The summed E-state index contributed by atoms with van der Waals surface area (Å²) in [7, 11) is 1.60. The molecule has 3 rings (SSSR count). The predicted molar refractivity (Wildman–Crippen MR) is 96.1 cm³/mol. The van der Waals surface area contributed by atoms with E-state index in [-0.39, 0.29) is 5.91 Å². The number of rotatable bonds is 4. The van der Waals surface area contributed by atoms with Crippen LogP contribution in [0.15, 0.2) is 65.4 Å². The Kier molecular flexibility index (Phi) is 4.86. The molecule has 0 saturated carbocycles. The fraction of sp³-hybridized carbons (Fsp3) is 0.0556. The average Bonchev–Trinajstić information content (AvgIpc) is 2.63. The van der Waals surface area contributed by atoms with Gasteiger partial charge in [-0.1, -0.05) is 12.1 Å². The topological polar surface area (TPSA) is 64.1 Å². The minimum atomic E-state index is -0.218. The van der Waals surface area contributed by atoms with Crippen molar-refractivity contribution in [1.29, 1.82) is 0 Å². The molecule has 2 heterocycles. The predicted octanol–water partition coefficient (Wildman–Crippen LogP) is 4.17. The van der Waals surface area contributed by atoms with Crippen LogP contribution in [0.3, 0.4) is 0 Å². The number of benzene rings is 1. The zero-order valence-electron chi connectivity index (χ0n) is 12.9. The van der Waals surface area contributed by atoms with E-state index in [2.05, 4.69) is 31.2 Å². The Labute approximate surface area is 147 Å². The Morgan fingerprint density at radius 1 is 1.08 bits per heavy atom. The molecule has 0 radical (unpaired) electrons. The van der Waals surface area contributed by atoms with Crippen LogP contribution in [0.1, 0.15) is 10.4 Å². The maximum Gasteiger partial charge on any atom is 0.256 e. The molecule has 3 aromatic rings. The van der Waals surface area contributed by atoms with Crippen LogP contribution in [0.2, 0.25) is 0 Å². The number of methoxy groups -OCH3 is 1. The number of amides is 1. The second-order valence-electron chi connectivity index (χ2n) is 4.95. The van der Waals surface area contributed by atoms with Gasteiger partial charge in [-0.05, 0) is 52.3 Å². The van der Waals surface area contributed by atoms with Crippen LogP contribution in [0, 0.1) is 0 Å². The fourth-order valence-corrected chi connectivity index (χ4v) is 2.42. The Morgan fingerprint density at radius 3 is 2.54 bits per heavy atom. The van der Waals surface area contributed by atoms with Gasteiger partial charge in [0.1, 0.15) is 17.3 Å². The van der Waals surface area contributed by atoms with E-state index in [9.17, 15) is 4.79 Å².